The maximum atomic E-state index is 5.85. The van der Waals surface area contributed by atoms with Crippen LogP contribution in [0, 0.1) is 0 Å². The van der Waals surface area contributed by atoms with Crippen molar-refractivity contribution < 1.29 is 4.74 Å². The number of nitrogens with zero attached hydrogens (tertiary/aromatic N) is 2. The van der Waals surface area contributed by atoms with Crippen LogP contribution in [0.5, 0.6) is 5.75 Å². The van der Waals surface area contributed by atoms with Crippen molar-refractivity contribution in [1.82, 2.24) is 15.1 Å². The van der Waals surface area contributed by atoms with Crippen molar-refractivity contribution in [1.29, 1.82) is 0 Å². The van der Waals surface area contributed by atoms with Gasteiger partial charge in [0.25, 0.3) is 0 Å². The summed E-state index contributed by atoms with van der Waals surface area (Å²) >= 11 is 0. The van der Waals surface area contributed by atoms with Crippen LogP contribution in [-0.2, 0) is 0 Å². The molecule has 4 fully saturated rings. The molecule has 1 aromatic carbocycles. The predicted octanol–water partition coefficient (Wildman–Crippen LogP) is 1.49. The highest BCUT2D eigenvalue weighted by atomic mass is 16.5. The molecule has 1 aromatic rings. The van der Waals surface area contributed by atoms with Gasteiger partial charge in [0, 0.05) is 44.8 Å². The molecule has 0 aromatic heterocycles. The summed E-state index contributed by atoms with van der Waals surface area (Å²) in [5.41, 5.74) is 1.37. The number of hydrogen-bond acceptors (Lipinski definition) is 4. The summed E-state index contributed by atoms with van der Waals surface area (Å²) in [5.74, 6) is 1.02. The van der Waals surface area contributed by atoms with Gasteiger partial charge in [0.15, 0.2) is 0 Å². The van der Waals surface area contributed by atoms with Crippen molar-refractivity contribution >= 4 is 0 Å². The van der Waals surface area contributed by atoms with E-state index in [0.29, 0.717) is 18.2 Å². The van der Waals surface area contributed by atoms with Crippen LogP contribution in [0.3, 0.4) is 0 Å². The van der Waals surface area contributed by atoms with Gasteiger partial charge in [0.1, 0.15) is 5.75 Å². The summed E-state index contributed by atoms with van der Waals surface area (Å²) in [5, 5.41) is 3.54. The fourth-order valence-corrected chi connectivity index (χ4v) is 3.69. The van der Waals surface area contributed by atoms with E-state index in [-0.39, 0.29) is 0 Å². The zero-order valence-electron chi connectivity index (χ0n) is 12.8. The van der Waals surface area contributed by atoms with Gasteiger partial charge in [-0.15, -0.1) is 0 Å². The third-order valence-corrected chi connectivity index (χ3v) is 5.08. The quantitative estimate of drug-likeness (QED) is 0.888. The summed E-state index contributed by atoms with van der Waals surface area (Å²) in [7, 11) is 2.08. The van der Waals surface area contributed by atoms with Crippen LogP contribution in [0.25, 0.3) is 0 Å². The van der Waals surface area contributed by atoms with Gasteiger partial charge in [-0.05, 0) is 37.6 Å². The molecule has 1 aliphatic carbocycles. The Labute approximate surface area is 127 Å². The molecule has 4 nitrogen and oxygen atoms in total. The van der Waals surface area contributed by atoms with Crippen LogP contribution < -0.4 is 10.1 Å². The Morgan fingerprint density at radius 3 is 2.33 bits per heavy atom. The highest BCUT2D eigenvalue weighted by Gasteiger charge is 2.36. The molecule has 2 bridgehead atoms. The molecule has 1 saturated carbocycles. The highest BCUT2D eigenvalue weighted by Crippen LogP contribution is 2.30. The second kappa shape index (κ2) is 5.59. The number of ether oxygens (including phenoxy) is 1. The minimum atomic E-state index is 0.406. The minimum absolute atomic E-state index is 0.406. The Bertz CT molecular complexity index is 477. The summed E-state index contributed by atoms with van der Waals surface area (Å²) in [6.45, 7) is 6.09. The van der Waals surface area contributed by atoms with Gasteiger partial charge in [-0.25, -0.2) is 0 Å². The summed E-state index contributed by atoms with van der Waals surface area (Å²) < 4.78 is 5.85. The van der Waals surface area contributed by atoms with Crippen LogP contribution in [0.1, 0.15) is 24.4 Å². The molecule has 114 valence electrons. The van der Waals surface area contributed by atoms with Gasteiger partial charge >= 0.3 is 0 Å². The van der Waals surface area contributed by atoms with Crippen molar-refractivity contribution in [2.24, 2.45) is 0 Å². The van der Waals surface area contributed by atoms with E-state index in [4.69, 9.17) is 4.74 Å². The van der Waals surface area contributed by atoms with E-state index >= 15 is 0 Å². The van der Waals surface area contributed by atoms with E-state index < -0.39 is 0 Å². The smallest absolute Gasteiger partial charge is 0.119 e. The number of nitrogens with one attached hydrogen (secondary N) is 1. The van der Waals surface area contributed by atoms with E-state index in [1.54, 1.807) is 0 Å². The molecule has 2 unspecified atom stereocenters. The Morgan fingerprint density at radius 1 is 1.10 bits per heavy atom. The molecule has 21 heavy (non-hydrogen) atoms. The molecule has 2 atom stereocenters. The number of piperazine rings is 3. The SMILES string of the molecule is CNC(c1ccc(OC2CC2)cc1)C1CN2CCN1CC2. The van der Waals surface area contributed by atoms with E-state index in [0.717, 1.165) is 5.75 Å². The molecule has 1 N–H and O–H groups in total. The maximum Gasteiger partial charge on any atom is 0.119 e. The van der Waals surface area contributed by atoms with Gasteiger partial charge in [-0.1, -0.05) is 12.1 Å². The summed E-state index contributed by atoms with van der Waals surface area (Å²) in [6.07, 6.45) is 2.91. The molecular weight excluding hydrogens is 262 g/mol. The maximum absolute atomic E-state index is 5.85. The van der Waals surface area contributed by atoms with Gasteiger partial charge in [-0.3, -0.25) is 9.80 Å². The monoisotopic (exact) mass is 287 g/mol. The van der Waals surface area contributed by atoms with Crippen molar-refractivity contribution in [3.05, 3.63) is 29.8 Å². The lowest BCUT2D eigenvalue weighted by atomic mass is 9.94. The van der Waals surface area contributed by atoms with Crippen LogP contribution in [0.15, 0.2) is 24.3 Å². The van der Waals surface area contributed by atoms with Gasteiger partial charge in [0.05, 0.1) is 6.10 Å². The fraction of sp³-hybridized carbons (Fsp3) is 0.647. The van der Waals surface area contributed by atoms with Crippen LogP contribution >= 0.6 is 0 Å². The first-order valence-electron chi connectivity index (χ1n) is 8.24. The summed E-state index contributed by atoms with van der Waals surface area (Å²) in [4.78, 5) is 5.25. The molecule has 3 heterocycles. The van der Waals surface area contributed by atoms with Crippen molar-refractivity contribution in [2.75, 3.05) is 39.8 Å². The van der Waals surface area contributed by atoms with Gasteiger partial charge in [-0.2, -0.15) is 0 Å². The first kappa shape index (κ1) is 13.6. The number of benzene rings is 1. The first-order chi connectivity index (χ1) is 10.3. The zero-order chi connectivity index (χ0) is 14.2. The highest BCUT2D eigenvalue weighted by molar-refractivity contribution is 5.30. The second-order valence-electron chi connectivity index (χ2n) is 6.56. The number of hydrogen-bond donors (Lipinski definition) is 1. The lowest BCUT2D eigenvalue weighted by Crippen LogP contribution is -2.63. The second-order valence-corrected chi connectivity index (χ2v) is 6.56. The third-order valence-electron chi connectivity index (χ3n) is 5.08. The Morgan fingerprint density at radius 2 is 1.81 bits per heavy atom. The Kier molecular flexibility index (Phi) is 3.61. The molecule has 4 heteroatoms. The van der Waals surface area contributed by atoms with Crippen LogP contribution in [0.4, 0.5) is 0 Å². The first-order valence-corrected chi connectivity index (χ1v) is 8.24. The molecule has 0 amide bonds. The molecule has 0 spiro atoms. The lowest BCUT2D eigenvalue weighted by molar-refractivity contribution is -0.00255. The molecule has 3 aliphatic heterocycles. The van der Waals surface area contributed by atoms with Gasteiger partial charge < -0.3 is 10.1 Å². The minimum Gasteiger partial charge on any atom is -0.490 e. The third kappa shape index (κ3) is 2.80. The number of fused-ring (bicyclic) bond motifs is 3. The van der Waals surface area contributed by atoms with E-state index in [1.807, 2.05) is 0 Å². The van der Waals surface area contributed by atoms with Gasteiger partial charge in [0.2, 0.25) is 0 Å². The molecular formula is C17H25N3O. The van der Waals surface area contributed by atoms with E-state index in [1.165, 1.54) is 51.1 Å². The topological polar surface area (TPSA) is 27.7 Å². The number of likely N-dealkylation sites (N-methyl/N-ethyl adjacent to an activating group) is 1. The fourth-order valence-electron chi connectivity index (χ4n) is 3.69. The Hall–Kier alpha value is -1.10. The lowest BCUT2D eigenvalue weighted by Gasteiger charge is -2.50. The molecule has 3 saturated heterocycles. The van der Waals surface area contributed by atoms with Crippen molar-refractivity contribution in [2.45, 2.75) is 31.0 Å². The van der Waals surface area contributed by atoms with Crippen molar-refractivity contribution in [3.8, 4) is 5.75 Å². The van der Waals surface area contributed by atoms with E-state index in [9.17, 15) is 0 Å². The average Bonchev–Trinajstić information content (AvgIpc) is 3.35. The van der Waals surface area contributed by atoms with Crippen molar-refractivity contribution in [3.63, 3.8) is 0 Å². The van der Waals surface area contributed by atoms with Crippen LogP contribution in [0.2, 0.25) is 0 Å². The predicted molar refractivity (Wildman–Crippen MR) is 83.7 cm³/mol. The zero-order valence-corrected chi connectivity index (χ0v) is 12.8. The number of rotatable bonds is 5. The molecule has 5 rings (SSSR count). The molecule has 4 aliphatic rings. The summed E-state index contributed by atoms with van der Waals surface area (Å²) in [6, 6.07) is 9.73. The Balaban J connectivity index is 1.49. The molecule has 0 radical (unpaired) electrons. The normalized spacial score (nSPS) is 32.9. The van der Waals surface area contributed by atoms with Crippen LogP contribution in [-0.4, -0.2) is 61.7 Å². The van der Waals surface area contributed by atoms with E-state index in [2.05, 4.69) is 46.4 Å². The largest absolute Gasteiger partial charge is 0.490 e. The standard InChI is InChI=1S/C17H25N3O/c1-18-17(16-12-19-8-10-20(16)11-9-19)13-2-4-14(5-3-13)21-15-6-7-15/h2-5,15-18H,6-12H2,1H3. The average molecular weight is 287 g/mol.